The Labute approximate surface area is 149 Å². The number of aryl methyl sites for hydroxylation is 2. The van der Waals surface area contributed by atoms with Crippen LogP contribution in [0.5, 0.6) is 0 Å². The zero-order valence-electron chi connectivity index (χ0n) is 14.1. The average Bonchev–Trinajstić information content (AvgIpc) is 2.98. The fraction of sp³-hybridized carbons (Fsp3) is 0.438. The first kappa shape index (κ1) is 18.5. The van der Waals surface area contributed by atoms with Gasteiger partial charge in [0.1, 0.15) is 5.00 Å². The van der Waals surface area contributed by atoms with Crippen molar-refractivity contribution in [3.63, 3.8) is 0 Å². The summed E-state index contributed by atoms with van der Waals surface area (Å²) in [4.78, 5) is 25.3. The van der Waals surface area contributed by atoms with E-state index in [9.17, 15) is 9.59 Å². The van der Waals surface area contributed by atoms with Gasteiger partial charge in [-0.1, -0.05) is 11.6 Å². The maximum atomic E-state index is 12.2. The first-order valence-electron chi connectivity index (χ1n) is 7.60. The number of rotatable bonds is 6. The summed E-state index contributed by atoms with van der Waals surface area (Å²) in [5, 5.41) is 8.03. The summed E-state index contributed by atoms with van der Waals surface area (Å²) in [6, 6.07) is 0. The number of hydrogen-bond donors (Lipinski definition) is 1. The molecule has 0 atom stereocenters. The van der Waals surface area contributed by atoms with E-state index >= 15 is 0 Å². The average molecular weight is 370 g/mol. The maximum absolute atomic E-state index is 12.2. The number of ether oxygens (including phenoxy) is 1. The lowest BCUT2D eigenvalue weighted by atomic mass is 10.1. The molecule has 0 aliphatic heterocycles. The van der Waals surface area contributed by atoms with Gasteiger partial charge in [0.25, 0.3) is 0 Å². The summed E-state index contributed by atoms with van der Waals surface area (Å²) in [6.07, 6.45) is 1.79. The zero-order valence-corrected chi connectivity index (χ0v) is 15.7. The molecule has 8 heteroatoms. The van der Waals surface area contributed by atoms with E-state index in [2.05, 4.69) is 10.4 Å². The largest absolute Gasteiger partial charge is 0.462 e. The highest BCUT2D eigenvalue weighted by Gasteiger charge is 2.22. The summed E-state index contributed by atoms with van der Waals surface area (Å²) in [5.74, 6) is -0.600. The van der Waals surface area contributed by atoms with Crippen LogP contribution in [0.15, 0.2) is 6.20 Å². The van der Waals surface area contributed by atoms with Crippen molar-refractivity contribution in [2.24, 2.45) is 0 Å². The lowest BCUT2D eigenvalue weighted by Gasteiger charge is -2.08. The number of carbonyl (C=O) groups is 2. The second-order valence-corrected chi connectivity index (χ2v) is 6.94. The summed E-state index contributed by atoms with van der Waals surface area (Å²) < 4.78 is 6.76. The van der Waals surface area contributed by atoms with Crippen LogP contribution in [0.2, 0.25) is 5.02 Å². The molecule has 1 amide bonds. The van der Waals surface area contributed by atoms with E-state index in [4.69, 9.17) is 16.3 Å². The number of thiophene rings is 1. The van der Waals surface area contributed by atoms with E-state index in [1.165, 1.54) is 11.3 Å². The van der Waals surface area contributed by atoms with Crippen molar-refractivity contribution in [1.82, 2.24) is 9.78 Å². The number of amides is 1. The molecule has 0 radical (unpaired) electrons. The van der Waals surface area contributed by atoms with Crippen LogP contribution >= 0.6 is 22.9 Å². The minimum absolute atomic E-state index is 0.187. The van der Waals surface area contributed by atoms with E-state index in [1.54, 1.807) is 17.8 Å². The molecule has 0 aliphatic carbocycles. The fourth-order valence-corrected chi connectivity index (χ4v) is 3.42. The van der Waals surface area contributed by atoms with Crippen LogP contribution in [0, 0.1) is 20.8 Å². The zero-order chi connectivity index (χ0) is 17.9. The van der Waals surface area contributed by atoms with Gasteiger partial charge in [-0.15, -0.1) is 11.3 Å². The van der Waals surface area contributed by atoms with Crippen molar-refractivity contribution in [3.05, 3.63) is 32.9 Å². The van der Waals surface area contributed by atoms with Gasteiger partial charge < -0.3 is 10.1 Å². The smallest absolute Gasteiger partial charge is 0.341 e. The Bertz CT molecular complexity index is 767. The Morgan fingerprint density at radius 2 is 2.08 bits per heavy atom. The lowest BCUT2D eigenvalue weighted by Crippen LogP contribution is -2.17. The molecule has 24 heavy (non-hydrogen) atoms. The highest BCUT2D eigenvalue weighted by Crippen LogP contribution is 2.33. The third-order valence-electron chi connectivity index (χ3n) is 3.71. The predicted octanol–water partition coefficient (Wildman–Crippen LogP) is 3.73. The molecule has 0 saturated heterocycles. The summed E-state index contributed by atoms with van der Waals surface area (Å²) in [6.45, 7) is 8.07. The second-order valence-electron chi connectivity index (χ2n) is 5.31. The molecule has 1 N–H and O–H groups in total. The summed E-state index contributed by atoms with van der Waals surface area (Å²) in [7, 11) is 0. The molecule has 2 rings (SSSR count). The van der Waals surface area contributed by atoms with Crippen LogP contribution < -0.4 is 5.32 Å². The molecule has 0 aliphatic rings. The maximum Gasteiger partial charge on any atom is 0.341 e. The van der Waals surface area contributed by atoms with Crippen LogP contribution in [0.3, 0.4) is 0 Å². The lowest BCUT2D eigenvalue weighted by molar-refractivity contribution is -0.116. The third-order valence-corrected chi connectivity index (χ3v) is 5.21. The topological polar surface area (TPSA) is 73.2 Å². The van der Waals surface area contributed by atoms with Gasteiger partial charge >= 0.3 is 5.97 Å². The van der Waals surface area contributed by atoms with Gasteiger partial charge in [-0.3, -0.25) is 9.48 Å². The summed E-state index contributed by atoms with van der Waals surface area (Å²) in [5.41, 5.74) is 2.09. The van der Waals surface area contributed by atoms with Gasteiger partial charge in [0.05, 0.1) is 35.6 Å². The molecule has 0 fully saturated rings. The van der Waals surface area contributed by atoms with Gasteiger partial charge in [0.2, 0.25) is 5.91 Å². The molecule has 2 aromatic heterocycles. The molecule has 0 spiro atoms. The van der Waals surface area contributed by atoms with E-state index in [-0.39, 0.29) is 12.3 Å². The number of esters is 1. The molecule has 0 saturated carbocycles. The van der Waals surface area contributed by atoms with Crippen molar-refractivity contribution >= 4 is 39.8 Å². The van der Waals surface area contributed by atoms with E-state index in [0.29, 0.717) is 28.7 Å². The highest BCUT2D eigenvalue weighted by atomic mass is 35.5. The normalized spacial score (nSPS) is 10.7. The van der Waals surface area contributed by atoms with Crippen LogP contribution in [-0.4, -0.2) is 28.3 Å². The fourth-order valence-electron chi connectivity index (χ4n) is 2.21. The number of anilines is 1. The van der Waals surface area contributed by atoms with Crippen molar-refractivity contribution in [2.45, 2.75) is 40.7 Å². The number of halogens is 1. The minimum Gasteiger partial charge on any atom is -0.462 e. The minimum atomic E-state index is -0.413. The first-order chi connectivity index (χ1) is 11.3. The Hall–Kier alpha value is -1.86. The van der Waals surface area contributed by atoms with Crippen LogP contribution in [0.25, 0.3) is 0 Å². The van der Waals surface area contributed by atoms with Gasteiger partial charge in [0, 0.05) is 11.3 Å². The van der Waals surface area contributed by atoms with Crippen molar-refractivity contribution < 1.29 is 14.3 Å². The first-order valence-corrected chi connectivity index (χ1v) is 8.79. The van der Waals surface area contributed by atoms with Gasteiger partial charge in [-0.25, -0.2) is 4.79 Å². The number of nitrogens with zero attached hydrogens (tertiary/aromatic N) is 2. The van der Waals surface area contributed by atoms with Crippen LogP contribution in [0.4, 0.5) is 5.00 Å². The number of hydrogen-bond acceptors (Lipinski definition) is 5. The standard InChI is InChI=1S/C16H20ClN3O3S/c1-5-23-16(22)14-9(2)11(4)24-15(14)19-13(21)6-7-20-10(3)12(17)8-18-20/h8H,5-7H2,1-4H3,(H,19,21). The number of aromatic nitrogens is 2. The van der Waals surface area contributed by atoms with E-state index in [1.807, 2.05) is 20.8 Å². The van der Waals surface area contributed by atoms with Crippen molar-refractivity contribution in [1.29, 1.82) is 0 Å². The molecule has 2 heterocycles. The highest BCUT2D eigenvalue weighted by molar-refractivity contribution is 7.16. The quantitative estimate of drug-likeness (QED) is 0.787. The molecule has 0 unspecified atom stereocenters. The van der Waals surface area contributed by atoms with E-state index in [0.717, 1.165) is 16.1 Å². The third kappa shape index (κ3) is 3.96. The molecule has 2 aromatic rings. The van der Waals surface area contributed by atoms with Gasteiger partial charge in [-0.05, 0) is 33.3 Å². The Balaban J connectivity index is 2.07. The second kappa shape index (κ2) is 7.81. The molecule has 6 nitrogen and oxygen atoms in total. The van der Waals surface area contributed by atoms with Gasteiger partial charge in [-0.2, -0.15) is 5.10 Å². The monoisotopic (exact) mass is 369 g/mol. The summed E-state index contributed by atoms with van der Waals surface area (Å²) >= 11 is 7.32. The van der Waals surface area contributed by atoms with Crippen molar-refractivity contribution in [3.8, 4) is 0 Å². The van der Waals surface area contributed by atoms with Crippen LogP contribution in [-0.2, 0) is 16.1 Å². The van der Waals surface area contributed by atoms with Crippen LogP contribution in [0.1, 0.15) is 39.8 Å². The SMILES string of the molecule is CCOC(=O)c1c(NC(=O)CCn2ncc(Cl)c2C)sc(C)c1C. The molecular weight excluding hydrogens is 350 g/mol. The molecular formula is C16H20ClN3O3S. The van der Waals surface area contributed by atoms with Gasteiger partial charge in [0.15, 0.2) is 0 Å². The molecule has 0 aromatic carbocycles. The predicted molar refractivity (Wildman–Crippen MR) is 95.0 cm³/mol. The number of carbonyl (C=O) groups excluding carboxylic acids is 2. The molecule has 130 valence electrons. The molecule has 0 bridgehead atoms. The Morgan fingerprint density at radius 1 is 1.38 bits per heavy atom. The number of nitrogens with one attached hydrogen (secondary N) is 1. The van der Waals surface area contributed by atoms with Crippen molar-refractivity contribution in [2.75, 3.05) is 11.9 Å². The Kier molecular flexibility index (Phi) is 6.01. The van der Waals surface area contributed by atoms with E-state index < -0.39 is 5.97 Å². The Morgan fingerprint density at radius 3 is 2.67 bits per heavy atom.